The van der Waals surface area contributed by atoms with Crippen molar-refractivity contribution >= 4 is 21.6 Å². The van der Waals surface area contributed by atoms with Gasteiger partial charge in [0, 0.05) is 17.1 Å². The van der Waals surface area contributed by atoms with E-state index in [4.69, 9.17) is 4.74 Å². The Balaban J connectivity index is 1.89. The third-order valence-corrected chi connectivity index (χ3v) is 3.81. The average molecular weight is 329 g/mol. The SMILES string of the molecule is O=[N+]([O-])c1cc(Br)ccc1COCC1CCNCC1. The molecule has 0 radical (unpaired) electrons. The summed E-state index contributed by atoms with van der Waals surface area (Å²) in [6.07, 6.45) is 2.23. The average Bonchev–Trinajstić information content (AvgIpc) is 2.41. The summed E-state index contributed by atoms with van der Waals surface area (Å²) in [7, 11) is 0. The van der Waals surface area contributed by atoms with Gasteiger partial charge in [-0.15, -0.1) is 0 Å². The molecule has 104 valence electrons. The molecule has 0 amide bonds. The van der Waals surface area contributed by atoms with E-state index in [0.717, 1.165) is 25.9 Å². The van der Waals surface area contributed by atoms with Crippen LogP contribution in [0.3, 0.4) is 0 Å². The fraction of sp³-hybridized carbons (Fsp3) is 0.538. The molecule has 19 heavy (non-hydrogen) atoms. The molecule has 0 aliphatic carbocycles. The van der Waals surface area contributed by atoms with Gasteiger partial charge >= 0.3 is 0 Å². The minimum atomic E-state index is -0.367. The number of piperidine rings is 1. The topological polar surface area (TPSA) is 64.4 Å². The summed E-state index contributed by atoms with van der Waals surface area (Å²) in [6.45, 7) is 3.04. The predicted octanol–water partition coefficient (Wildman–Crippen LogP) is 2.87. The van der Waals surface area contributed by atoms with Gasteiger partial charge < -0.3 is 10.1 Å². The van der Waals surface area contributed by atoms with E-state index in [0.29, 0.717) is 29.2 Å². The van der Waals surface area contributed by atoms with Gasteiger partial charge in [0.25, 0.3) is 5.69 Å². The van der Waals surface area contributed by atoms with Crippen molar-refractivity contribution in [3.8, 4) is 0 Å². The molecule has 1 aliphatic rings. The lowest BCUT2D eigenvalue weighted by molar-refractivity contribution is -0.386. The van der Waals surface area contributed by atoms with Crippen molar-refractivity contribution in [1.29, 1.82) is 0 Å². The quantitative estimate of drug-likeness (QED) is 0.666. The van der Waals surface area contributed by atoms with Crippen LogP contribution in [0.1, 0.15) is 18.4 Å². The van der Waals surface area contributed by atoms with Crippen LogP contribution in [0, 0.1) is 16.0 Å². The molecule has 0 unspecified atom stereocenters. The molecule has 0 spiro atoms. The van der Waals surface area contributed by atoms with E-state index in [-0.39, 0.29) is 10.6 Å². The van der Waals surface area contributed by atoms with Crippen LogP contribution in [0.4, 0.5) is 5.69 Å². The van der Waals surface area contributed by atoms with E-state index in [9.17, 15) is 10.1 Å². The Morgan fingerprint density at radius 2 is 2.16 bits per heavy atom. The molecule has 1 saturated heterocycles. The van der Waals surface area contributed by atoms with E-state index >= 15 is 0 Å². The standard InChI is InChI=1S/C13H17BrN2O3/c14-12-2-1-11(13(7-12)16(17)18)9-19-8-10-3-5-15-6-4-10/h1-2,7,10,15H,3-6,8-9H2. The van der Waals surface area contributed by atoms with Crippen LogP contribution in [0.25, 0.3) is 0 Å². The molecule has 0 bridgehead atoms. The molecule has 0 aromatic heterocycles. The highest BCUT2D eigenvalue weighted by atomic mass is 79.9. The molecular formula is C13H17BrN2O3. The summed E-state index contributed by atoms with van der Waals surface area (Å²) in [5.41, 5.74) is 0.738. The highest BCUT2D eigenvalue weighted by molar-refractivity contribution is 9.10. The van der Waals surface area contributed by atoms with Crippen LogP contribution < -0.4 is 5.32 Å². The summed E-state index contributed by atoms with van der Waals surface area (Å²) >= 11 is 3.24. The number of hydrogen-bond acceptors (Lipinski definition) is 4. The Kier molecular flexibility index (Phi) is 5.30. The van der Waals surface area contributed by atoms with Gasteiger partial charge in [0.15, 0.2) is 0 Å². The summed E-state index contributed by atoms with van der Waals surface area (Å²) in [4.78, 5) is 10.6. The predicted molar refractivity (Wildman–Crippen MR) is 76.0 cm³/mol. The highest BCUT2D eigenvalue weighted by Gasteiger charge is 2.16. The zero-order chi connectivity index (χ0) is 13.7. The summed E-state index contributed by atoms with van der Waals surface area (Å²) in [5, 5.41) is 14.3. The zero-order valence-corrected chi connectivity index (χ0v) is 12.2. The normalized spacial score (nSPS) is 16.5. The molecule has 0 saturated carbocycles. The van der Waals surface area contributed by atoms with Crippen LogP contribution in [-0.4, -0.2) is 24.6 Å². The van der Waals surface area contributed by atoms with E-state index in [1.807, 2.05) is 0 Å². The van der Waals surface area contributed by atoms with E-state index in [1.54, 1.807) is 12.1 Å². The molecule has 0 atom stereocenters. The van der Waals surface area contributed by atoms with Crippen LogP contribution in [0.5, 0.6) is 0 Å². The van der Waals surface area contributed by atoms with E-state index in [1.165, 1.54) is 6.07 Å². The maximum absolute atomic E-state index is 11.0. The third kappa shape index (κ3) is 4.26. The lowest BCUT2D eigenvalue weighted by atomic mass is 9.99. The summed E-state index contributed by atoms with van der Waals surface area (Å²) < 4.78 is 6.35. The highest BCUT2D eigenvalue weighted by Crippen LogP contribution is 2.24. The molecule has 2 rings (SSSR count). The second-order valence-electron chi connectivity index (χ2n) is 4.74. The fourth-order valence-electron chi connectivity index (χ4n) is 2.21. The molecule has 1 aromatic carbocycles. The van der Waals surface area contributed by atoms with Crippen molar-refractivity contribution < 1.29 is 9.66 Å². The van der Waals surface area contributed by atoms with Crippen molar-refractivity contribution in [2.45, 2.75) is 19.4 Å². The zero-order valence-electron chi connectivity index (χ0n) is 10.6. The van der Waals surface area contributed by atoms with Crippen LogP contribution >= 0.6 is 15.9 Å². The molecule has 1 fully saturated rings. The number of hydrogen-bond donors (Lipinski definition) is 1. The maximum Gasteiger partial charge on any atom is 0.276 e. The van der Waals surface area contributed by atoms with E-state index < -0.39 is 0 Å². The van der Waals surface area contributed by atoms with Crippen molar-refractivity contribution in [3.63, 3.8) is 0 Å². The largest absolute Gasteiger partial charge is 0.376 e. The van der Waals surface area contributed by atoms with Gasteiger partial charge in [-0.25, -0.2) is 0 Å². The summed E-state index contributed by atoms with van der Waals surface area (Å²) in [6, 6.07) is 5.06. The van der Waals surface area contributed by atoms with Crippen LogP contribution in [0.15, 0.2) is 22.7 Å². The van der Waals surface area contributed by atoms with Gasteiger partial charge in [-0.1, -0.05) is 15.9 Å². The van der Waals surface area contributed by atoms with Crippen LogP contribution in [-0.2, 0) is 11.3 Å². The lowest BCUT2D eigenvalue weighted by Gasteiger charge is -2.22. The van der Waals surface area contributed by atoms with Gasteiger partial charge in [-0.3, -0.25) is 10.1 Å². The molecule has 1 heterocycles. The number of nitro groups is 1. The Morgan fingerprint density at radius 1 is 1.42 bits per heavy atom. The first-order valence-corrected chi connectivity index (χ1v) is 7.17. The lowest BCUT2D eigenvalue weighted by Crippen LogP contribution is -2.29. The first-order valence-electron chi connectivity index (χ1n) is 6.38. The molecule has 1 aliphatic heterocycles. The number of nitro benzene ring substituents is 1. The van der Waals surface area contributed by atoms with E-state index in [2.05, 4.69) is 21.2 Å². The maximum atomic E-state index is 11.0. The monoisotopic (exact) mass is 328 g/mol. The van der Waals surface area contributed by atoms with Gasteiger partial charge in [0.1, 0.15) is 0 Å². The number of rotatable bonds is 5. The number of nitrogens with one attached hydrogen (secondary N) is 1. The Bertz CT molecular complexity index is 448. The molecule has 5 nitrogen and oxygen atoms in total. The van der Waals surface area contributed by atoms with Gasteiger partial charge in [-0.2, -0.15) is 0 Å². The second-order valence-corrected chi connectivity index (χ2v) is 5.65. The third-order valence-electron chi connectivity index (χ3n) is 3.31. The van der Waals surface area contributed by atoms with Crippen molar-refractivity contribution in [2.75, 3.05) is 19.7 Å². The number of benzene rings is 1. The van der Waals surface area contributed by atoms with Crippen molar-refractivity contribution in [2.24, 2.45) is 5.92 Å². The molecular weight excluding hydrogens is 312 g/mol. The minimum Gasteiger partial charge on any atom is -0.376 e. The first-order chi connectivity index (χ1) is 9.16. The number of nitrogens with zero attached hydrogens (tertiary/aromatic N) is 1. The summed E-state index contributed by atoms with van der Waals surface area (Å²) in [5.74, 6) is 0.566. The molecule has 1 aromatic rings. The number of ether oxygens (including phenoxy) is 1. The number of halogens is 1. The van der Waals surface area contributed by atoms with Gasteiger partial charge in [0.05, 0.1) is 17.1 Å². The van der Waals surface area contributed by atoms with Crippen LogP contribution in [0.2, 0.25) is 0 Å². The molecule has 1 N–H and O–H groups in total. The smallest absolute Gasteiger partial charge is 0.276 e. The van der Waals surface area contributed by atoms with Gasteiger partial charge in [-0.05, 0) is 44.0 Å². The Hall–Kier alpha value is -0.980. The van der Waals surface area contributed by atoms with Crippen molar-refractivity contribution in [3.05, 3.63) is 38.3 Å². The fourth-order valence-corrected chi connectivity index (χ4v) is 2.56. The Morgan fingerprint density at radius 3 is 2.84 bits per heavy atom. The van der Waals surface area contributed by atoms with Gasteiger partial charge in [0.2, 0.25) is 0 Å². The Labute approximate surface area is 120 Å². The minimum absolute atomic E-state index is 0.111. The molecule has 6 heteroatoms. The first kappa shape index (κ1) is 14.4. The van der Waals surface area contributed by atoms with Crippen molar-refractivity contribution in [1.82, 2.24) is 5.32 Å². The second kappa shape index (κ2) is 6.98.